The van der Waals surface area contributed by atoms with Crippen molar-refractivity contribution in [1.29, 1.82) is 0 Å². The van der Waals surface area contributed by atoms with Crippen LogP contribution in [0.1, 0.15) is 5.56 Å². The second-order valence-corrected chi connectivity index (χ2v) is 11.5. The molecule has 0 bridgehead atoms. The Morgan fingerprint density at radius 2 is 1.08 bits per heavy atom. The largest absolute Gasteiger partial charge is 0.454 e. The molecule has 0 aliphatic rings. The van der Waals surface area contributed by atoms with Crippen LogP contribution in [-0.4, -0.2) is 35.1 Å². The summed E-state index contributed by atoms with van der Waals surface area (Å²) in [7, 11) is -8.61. The summed E-state index contributed by atoms with van der Waals surface area (Å²) < 4.78 is 74.3. The molecule has 0 fully saturated rings. The summed E-state index contributed by atoms with van der Waals surface area (Å²) in [5.41, 5.74) is -3.04. The molecule has 15 heteroatoms. The lowest BCUT2D eigenvalue weighted by Gasteiger charge is -2.13. The van der Waals surface area contributed by atoms with E-state index < -0.39 is 63.8 Å². The Labute approximate surface area is 217 Å². The van der Waals surface area contributed by atoms with E-state index in [2.05, 4.69) is 0 Å². The lowest BCUT2D eigenvalue weighted by Crippen LogP contribution is -2.24. The second kappa shape index (κ2) is 8.54. The first-order valence-corrected chi connectivity index (χ1v) is 13.7. The van der Waals surface area contributed by atoms with Gasteiger partial charge in [-0.05, 0) is 55.0 Å². The Hall–Kier alpha value is -4.44. The number of hydrogen-bond acceptors (Lipinski definition) is 9. The number of fused-ring (bicyclic) bond motifs is 2. The molecule has 5 rings (SSSR count). The van der Waals surface area contributed by atoms with Crippen molar-refractivity contribution in [3.8, 4) is 17.2 Å². The van der Waals surface area contributed by atoms with E-state index in [1.807, 2.05) is 0 Å². The van der Waals surface area contributed by atoms with Crippen LogP contribution in [0.4, 0.5) is 0 Å². The highest BCUT2D eigenvalue weighted by atomic mass is 32.2. The maximum absolute atomic E-state index is 13.2. The van der Waals surface area contributed by atoms with Gasteiger partial charge in [0.1, 0.15) is 21.3 Å². The van der Waals surface area contributed by atoms with Crippen LogP contribution < -0.4 is 27.0 Å². The third-order valence-corrected chi connectivity index (χ3v) is 7.90. The molecule has 0 atom stereocenters. The summed E-state index contributed by atoms with van der Waals surface area (Å²) in [6.45, 7) is 1.54. The number of aromatic nitrogens is 2. The van der Waals surface area contributed by atoms with Crippen molar-refractivity contribution in [2.75, 3.05) is 0 Å². The summed E-state index contributed by atoms with van der Waals surface area (Å²) in [6.07, 6.45) is 0. The SMILES string of the molecule is Cc1ccc(Oc2ccc(-n3c(=O)c4cc5c(=O)n(C)c(=O)c5cc4c3=O)cc2S(=O)(=O)O)c(S(=O)(=O)O)c1. The summed E-state index contributed by atoms with van der Waals surface area (Å²) >= 11 is 0. The van der Waals surface area contributed by atoms with Crippen LogP contribution in [0.2, 0.25) is 0 Å². The molecule has 0 unspecified atom stereocenters. The van der Waals surface area contributed by atoms with Crippen molar-refractivity contribution in [3.05, 3.63) is 95.5 Å². The first-order valence-electron chi connectivity index (χ1n) is 10.9. The highest BCUT2D eigenvalue weighted by molar-refractivity contribution is 7.86. The fourth-order valence-electron chi connectivity index (χ4n) is 4.27. The molecule has 0 amide bonds. The molecule has 3 aromatic carbocycles. The molecule has 13 nitrogen and oxygen atoms in total. The second-order valence-electron chi connectivity index (χ2n) is 8.69. The van der Waals surface area contributed by atoms with Crippen molar-refractivity contribution >= 4 is 41.8 Å². The van der Waals surface area contributed by atoms with Gasteiger partial charge in [-0.3, -0.25) is 32.9 Å². The quantitative estimate of drug-likeness (QED) is 0.285. The van der Waals surface area contributed by atoms with Gasteiger partial charge in [-0.25, -0.2) is 4.57 Å². The summed E-state index contributed by atoms with van der Waals surface area (Å²) in [4.78, 5) is 49.4. The van der Waals surface area contributed by atoms with E-state index in [0.717, 1.165) is 47.0 Å². The van der Waals surface area contributed by atoms with E-state index in [0.29, 0.717) is 10.1 Å². The van der Waals surface area contributed by atoms with Crippen molar-refractivity contribution in [2.45, 2.75) is 16.7 Å². The molecular weight excluding hydrogens is 556 g/mol. The molecule has 0 spiro atoms. The first kappa shape index (κ1) is 26.2. The Kier molecular flexibility index (Phi) is 5.73. The molecular formula is C24H16N2O11S2. The van der Waals surface area contributed by atoms with Gasteiger partial charge in [-0.15, -0.1) is 0 Å². The van der Waals surface area contributed by atoms with Crippen LogP contribution in [0.15, 0.2) is 77.5 Å². The standard InChI is InChI=1S/C24H16N2O11S2/c1-11-3-5-17(19(7-11)38(31,32)33)37-18-6-4-12(8-20(18)39(34,35)36)26-23(29)15-9-13-14(10-16(15)24(26)30)22(28)25(2)21(13)27/h3-10H,1-2H3,(H,31,32,33)(H,34,35,36). The van der Waals surface area contributed by atoms with Gasteiger partial charge in [0, 0.05) is 7.05 Å². The third kappa shape index (κ3) is 4.17. The van der Waals surface area contributed by atoms with Crippen molar-refractivity contribution in [2.24, 2.45) is 7.05 Å². The van der Waals surface area contributed by atoms with E-state index >= 15 is 0 Å². The Morgan fingerprint density at radius 3 is 1.56 bits per heavy atom. The zero-order valence-electron chi connectivity index (χ0n) is 19.9. The topological polar surface area (TPSA) is 196 Å². The zero-order chi connectivity index (χ0) is 28.6. The molecule has 0 aliphatic carbocycles. The van der Waals surface area contributed by atoms with E-state index in [1.165, 1.54) is 20.0 Å². The van der Waals surface area contributed by atoms with Gasteiger partial charge in [0.25, 0.3) is 42.5 Å². The fourth-order valence-corrected chi connectivity index (χ4v) is 5.60. The van der Waals surface area contributed by atoms with Crippen molar-refractivity contribution in [1.82, 2.24) is 9.13 Å². The maximum Gasteiger partial charge on any atom is 0.298 e. The summed E-state index contributed by atoms with van der Waals surface area (Å²) in [5.74, 6) is -1.04. The van der Waals surface area contributed by atoms with Crippen LogP contribution in [0.25, 0.3) is 27.2 Å². The monoisotopic (exact) mass is 572 g/mol. The van der Waals surface area contributed by atoms with E-state index in [9.17, 15) is 45.1 Å². The molecule has 5 aromatic rings. The average Bonchev–Trinajstić information content (AvgIpc) is 3.22. The molecule has 0 aliphatic heterocycles. The summed E-state index contributed by atoms with van der Waals surface area (Å²) in [6, 6.07) is 8.72. The molecule has 0 saturated carbocycles. The van der Waals surface area contributed by atoms with Gasteiger partial charge in [0.05, 0.1) is 27.2 Å². The van der Waals surface area contributed by atoms with Crippen molar-refractivity contribution in [3.63, 3.8) is 0 Å². The Balaban J connectivity index is 1.73. The minimum Gasteiger partial charge on any atom is -0.454 e. The van der Waals surface area contributed by atoms with E-state index in [-0.39, 0.29) is 27.2 Å². The van der Waals surface area contributed by atoms with Gasteiger partial charge in [0.15, 0.2) is 0 Å². The number of aryl methyl sites for hydroxylation is 1. The molecule has 2 aromatic heterocycles. The molecule has 0 saturated heterocycles. The smallest absolute Gasteiger partial charge is 0.298 e. The highest BCUT2D eigenvalue weighted by Crippen LogP contribution is 2.34. The van der Waals surface area contributed by atoms with Crippen LogP contribution in [0.5, 0.6) is 11.5 Å². The number of benzene rings is 3. The van der Waals surface area contributed by atoms with Crippen LogP contribution >= 0.6 is 0 Å². The third-order valence-electron chi connectivity index (χ3n) is 6.16. The van der Waals surface area contributed by atoms with Crippen molar-refractivity contribution < 1.29 is 30.7 Å². The Bertz CT molecular complexity index is 2230. The van der Waals surface area contributed by atoms with Gasteiger partial charge < -0.3 is 4.74 Å². The molecule has 200 valence electrons. The zero-order valence-corrected chi connectivity index (χ0v) is 21.5. The normalized spacial score (nSPS) is 12.4. The van der Waals surface area contributed by atoms with Gasteiger partial charge in [-0.2, -0.15) is 16.8 Å². The lowest BCUT2D eigenvalue weighted by molar-refractivity contribution is 0.434. The molecule has 2 heterocycles. The minimum atomic E-state index is -5.07. The number of nitrogens with zero attached hydrogens (tertiary/aromatic N) is 2. The maximum atomic E-state index is 13.2. The lowest BCUT2D eigenvalue weighted by atomic mass is 10.1. The molecule has 0 radical (unpaired) electrons. The number of rotatable bonds is 5. The Morgan fingerprint density at radius 1 is 0.641 bits per heavy atom. The predicted octanol–water partition coefficient (Wildman–Crippen LogP) is 1.03. The molecule has 39 heavy (non-hydrogen) atoms. The first-order chi connectivity index (χ1) is 18.1. The van der Waals surface area contributed by atoms with E-state index in [4.69, 9.17) is 4.74 Å². The summed E-state index contributed by atoms with van der Waals surface area (Å²) in [5, 5.41) is -0.526. The minimum absolute atomic E-state index is 0.0700. The van der Waals surface area contributed by atoms with Gasteiger partial charge in [-0.1, -0.05) is 6.07 Å². The molecule has 2 N–H and O–H groups in total. The predicted molar refractivity (Wildman–Crippen MR) is 138 cm³/mol. The van der Waals surface area contributed by atoms with E-state index in [1.54, 1.807) is 0 Å². The van der Waals surface area contributed by atoms with Crippen LogP contribution in [-0.2, 0) is 27.3 Å². The van der Waals surface area contributed by atoms with Gasteiger partial charge >= 0.3 is 0 Å². The average molecular weight is 573 g/mol. The highest BCUT2D eigenvalue weighted by Gasteiger charge is 2.25. The van der Waals surface area contributed by atoms with Gasteiger partial charge in [0.2, 0.25) is 0 Å². The number of hydrogen-bond donors (Lipinski definition) is 2. The van der Waals surface area contributed by atoms with Crippen LogP contribution in [0, 0.1) is 6.92 Å². The van der Waals surface area contributed by atoms with Crippen LogP contribution in [0.3, 0.4) is 0 Å². The fraction of sp³-hybridized carbons (Fsp3) is 0.0833. The number of ether oxygens (including phenoxy) is 1.